The Kier molecular flexibility index (Phi) is 51.3. The summed E-state index contributed by atoms with van der Waals surface area (Å²) in [5.74, 6) is -1.81. The monoisotopic (exact) mass is 1020 g/mol. The van der Waals surface area contributed by atoms with Gasteiger partial charge in [0.15, 0.2) is 0 Å². The molecule has 0 radical (unpaired) electrons. The van der Waals surface area contributed by atoms with Gasteiger partial charge in [0.25, 0.3) is 0 Å². The molecular weight excluding hydrogens is 929 g/mol. The van der Waals surface area contributed by atoms with Crippen molar-refractivity contribution < 1.29 is 85.9 Å². The molecule has 0 aromatic carbocycles. The van der Waals surface area contributed by atoms with Crippen LogP contribution in [0.25, 0.3) is 10.4 Å². The predicted octanol–water partition coefficient (Wildman–Crippen LogP) is 4.58. The van der Waals surface area contributed by atoms with Crippen LogP contribution in [0.3, 0.4) is 0 Å². The quantitative estimate of drug-likeness (QED) is 0.0183. The van der Waals surface area contributed by atoms with Crippen LogP contribution in [0.5, 0.6) is 0 Å². The highest BCUT2D eigenvalue weighted by molar-refractivity contribution is 7.51. The molecule has 0 saturated heterocycles. The van der Waals surface area contributed by atoms with Crippen LogP contribution in [0.2, 0.25) is 0 Å². The molecule has 406 valence electrons. The van der Waals surface area contributed by atoms with Crippen LogP contribution in [0.4, 0.5) is 0 Å². The zero-order valence-electron chi connectivity index (χ0n) is 41.3. The number of carboxylic acid groups (broad SMARTS) is 1. The minimum Gasteiger partial charge on any atom is -0.480 e. The number of hydrogen-bond donors (Lipinski definition) is 5. The van der Waals surface area contributed by atoms with Crippen LogP contribution < -0.4 is 10.6 Å². The lowest BCUT2D eigenvalue weighted by Gasteiger charge is -2.14. The Morgan fingerprint density at radius 3 is 1.12 bits per heavy atom. The summed E-state index contributed by atoms with van der Waals surface area (Å²) in [6, 6.07) is -1.12. The maximum Gasteiger partial charge on any atom is 0.326 e. The molecule has 0 aromatic rings. The van der Waals surface area contributed by atoms with Crippen molar-refractivity contribution in [2.24, 2.45) is 5.11 Å². The first-order chi connectivity index (χ1) is 33.7. The van der Waals surface area contributed by atoms with Gasteiger partial charge in [0.2, 0.25) is 11.8 Å². The highest BCUT2D eigenvalue weighted by Crippen LogP contribution is 2.35. The fourth-order valence-electron chi connectivity index (χ4n) is 6.15. The molecule has 0 bridgehead atoms. The summed E-state index contributed by atoms with van der Waals surface area (Å²) in [4.78, 5) is 56.6. The first kappa shape index (κ1) is 66.4. The number of hydrogen-bond acceptors (Lipinski definition) is 16. The molecule has 0 aliphatic rings. The van der Waals surface area contributed by atoms with E-state index in [1.54, 1.807) is 0 Å². The summed E-state index contributed by atoms with van der Waals surface area (Å²) in [5.41, 5.74) is 8.16. The van der Waals surface area contributed by atoms with E-state index < -0.39 is 19.6 Å². The first-order valence-corrected chi connectivity index (χ1v) is 26.6. The Bertz CT molecular complexity index is 1270. The molecule has 24 heteroatoms. The predicted molar refractivity (Wildman–Crippen MR) is 256 cm³/mol. The van der Waals surface area contributed by atoms with Crippen molar-refractivity contribution in [1.29, 1.82) is 0 Å². The number of rotatable bonds is 57. The van der Waals surface area contributed by atoms with Crippen molar-refractivity contribution in [3.63, 3.8) is 0 Å². The number of unbranched alkanes of at least 4 members (excludes halogenated alkanes) is 12. The van der Waals surface area contributed by atoms with Gasteiger partial charge in [-0.25, -0.2) is 4.79 Å². The third-order valence-electron chi connectivity index (χ3n) is 9.83. The molecule has 2 amide bonds. The lowest BCUT2D eigenvalue weighted by atomic mass is 10.0. The number of nitrogens with zero attached hydrogens (tertiary/aromatic N) is 3. The van der Waals surface area contributed by atoms with Crippen molar-refractivity contribution in [2.45, 2.75) is 109 Å². The van der Waals surface area contributed by atoms with Gasteiger partial charge < -0.3 is 77.6 Å². The molecule has 0 aromatic heterocycles. The van der Waals surface area contributed by atoms with E-state index in [0.717, 1.165) is 51.4 Å². The van der Waals surface area contributed by atoms with Crippen molar-refractivity contribution in [1.82, 2.24) is 10.6 Å². The highest BCUT2D eigenvalue weighted by atomic mass is 31.2. The van der Waals surface area contributed by atoms with E-state index in [-0.39, 0.29) is 50.4 Å². The van der Waals surface area contributed by atoms with E-state index in [1.807, 2.05) is 0 Å². The molecule has 1 atom stereocenters. The first-order valence-electron chi connectivity index (χ1n) is 24.8. The van der Waals surface area contributed by atoms with Crippen molar-refractivity contribution in [3.05, 3.63) is 10.4 Å². The van der Waals surface area contributed by atoms with E-state index in [4.69, 9.17) is 67.4 Å². The number of azide groups is 1. The third-order valence-corrected chi connectivity index (χ3v) is 10.7. The van der Waals surface area contributed by atoms with E-state index in [2.05, 4.69) is 20.7 Å². The Morgan fingerprint density at radius 1 is 0.464 bits per heavy atom. The van der Waals surface area contributed by atoms with E-state index in [9.17, 15) is 24.1 Å². The number of ether oxygens (including phenoxy) is 11. The van der Waals surface area contributed by atoms with E-state index >= 15 is 0 Å². The molecule has 0 spiro atoms. The minimum atomic E-state index is -3.86. The van der Waals surface area contributed by atoms with Crippen LogP contribution in [-0.2, 0) is 71.1 Å². The summed E-state index contributed by atoms with van der Waals surface area (Å²) in [6.07, 6.45) is 13.3. The summed E-state index contributed by atoms with van der Waals surface area (Å²) in [5, 5.41) is 18.1. The van der Waals surface area contributed by atoms with Crippen molar-refractivity contribution >= 4 is 25.4 Å². The number of carboxylic acids is 1. The second-order valence-corrected chi connectivity index (χ2v) is 17.5. The maximum absolute atomic E-state index is 12.3. The molecule has 0 aliphatic carbocycles. The zero-order valence-corrected chi connectivity index (χ0v) is 42.2. The van der Waals surface area contributed by atoms with Crippen molar-refractivity contribution in [3.8, 4) is 0 Å². The van der Waals surface area contributed by atoms with Gasteiger partial charge in [-0.15, -0.1) is 0 Å². The topological polar surface area (TPSA) is 303 Å². The largest absolute Gasteiger partial charge is 0.480 e. The SMILES string of the molecule is [N-]=[N+]=NCCOCCOCCOCCOCCOCCOCCOCCOCCOCCOCCOCCNC(=O)CCC(NC(=O)CCCCCCCCCCCCCCCP(=O)(O)O)C(=O)O. The fourth-order valence-corrected chi connectivity index (χ4v) is 6.79. The van der Waals surface area contributed by atoms with E-state index in [0.29, 0.717) is 158 Å². The second-order valence-electron chi connectivity index (χ2n) is 15.8. The number of amides is 2. The van der Waals surface area contributed by atoms with Gasteiger partial charge in [-0.2, -0.15) is 0 Å². The molecule has 23 nitrogen and oxygen atoms in total. The number of aliphatic carboxylic acids is 1. The number of carbonyl (C=O) groups is 3. The molecule has 1 unspecified atom stereocenters. The molecule has 5 N–H and O–H groups in total. The Labute approximate surface area is 410 Å². The highest BCUT2D eigenvalue weighted by Gasteiger charge is 2.21. The summed E-state index contributed by atoms with van der Waals surface area (Å²) in [6.45, 7) is 10.1. The molecule has 69 heavy (non-hydrogen) atoms. The molecule has 0 heterocycles. The fraction of sp³-hybridized carbons (Fsp3) is 0.933. The molecule has 0 saturated carbocycles. The van der Waals surface area contributed by atoms with Gasteiger partial charge in [-0.1, -0.05) is 75.7 Å². The van der Waals surface area contributed by atoms with Crippen LogP contribution >= 0.6 is 7.60 Å². The molecule has 0 fully saturated rings. The third kappa shape index (κ3) is 56.2. The number of carbonyl (C=O) groups excluding carboxylic acids is 2. The molecule has 0 rings (SSSR count). The van der Waals surface area contributed by atoms with Crippen LogP contribution in [0, 0.1) is 0 Å². The molecule has 0 aliphatic heterocycles. The Morgan fingerprint density at radius 2 is 0.783 bits per heavy atom. The van der Waals surface area contributed by atoms with Crippen LogP contribution in [0.15, 0.2) is 5.11 Å². The molecular formula is C45H88N5O18P. The average molecular weight is 1020 g/mol. The second kappa shape index (κ2) is 53.2. The zero-order chi connectivity index (χ0) is 50.4. The summed E-state index contributed by atoms with van der Waals surface area (Å²) >= 11 is 0. The standard InChI is InChI=1S/C45H88N5O18P/c46-50-48-18-20-59-22-24-61-26-28-63-30-32-65-34-36-67-38-40-68-39-37-66-35-33-64-31-29-62-27-25-60-23-21-58-19-17-47-43(51)16-15-42(45(53)54)49-44(52)14-12-10-8-6-4-2-1-3-5-7-9-11-13-41-69(55,56)57/h42H,1-41H2,(H,47,51)(H,49,52)(H,53,54)(H2,55,56,57). The number of nitrogens with one attached hydrogen (secondary N) is 2. The van der Waals surface area contributed by atoms with Crippen LogP contribution in [-0.4, -0.2) is 203 Å². The van der Waals surface area contributed by atoms with Gasteiger partial charge in [0.05, 0.1) is 145 Å². The Hall–Kier alpha value is -2.57. The van der Waals surface area contributed by atoms with Gasteiger partial charge in [-0.05, 0) is 24.8 Å². The minimum absolute atomic E-state index is 0.00483. The normalized spacial score (nSPS) is 12.0. The lowest BCUT2D eigenvalue weighted by molar-refractivity contribution is -0.142. The Balaban J connectivity index is 3.41. The van der Waals surface area contributed by atoms with Gasteiger partial charge in [-0.3, -0.25) is 14.2 Å². The van der Waals surface area contributed by atoms with Crippen LogP contribution in [0.1, 0.15) is 103 Å². The lowest BCUT2D eigenvalue weighted by Crippen LogP contribution is -2.41. The smallest absolute Gasteiger partial charge is 0.326 e. The van der Waals surface area contributed by atoms with E-state index in [1.165, 1.54) is 19.3 Å². The van der Waals surface area contributed by atoms with Gasteiger partial charge in [0, 0.05) is 37.0 Å². The maximum atomic E-state index is 12.3. The summed E-state index contributed by atoms with van der Waals surface area (Å²) in [7, 11) is -3.86. The average Bonchev–Trinajstić information content (AvgIpc) is 3.32. The summed E-state index contributed by atoms with van der Waals surface area (Å²) < 4.78 is 70.7. The van der Waals surface area contributed by atoms with Crippen molar-refractivity contribution in [2.75, 3.05) is 165 Å². The van der Waals surface area contributed by atoms with Gasteiger partial charge >= 0.3 is 13.6 Å². The van der Waals surface area contributed by atoms with Gasteiger partial charge in [0.1, 0.15) is 6.04 Å².